The summed E-state index contributed by atoms with van der Waals surface area (Å²) in [6, 6.07) is 14.2. The average molecular weight is 356 g/mol. The van der Waals surface area contributed by atoms with Crippen LogP contribution in [-0.4, -0.2) is 30.1 Å². The summed E-state index contributed by atoms with van der Waals surface area (Å²) < 4.78 is 3.10. The molecule has 24 heavy (non-hydrogen) atoms. The molecule has 0 amide bonds. The number of rotatable bonds is 4. The molecular formula is C14H8N6O2S2. The van der Waals surface area contributed by atoms with Crippen LogP contribution in [0.4, 0.5) is 5.69 Å². The highest BCUT2D eigenvalue weighted by molar-refractivity contribution is 8.01. The lowest BCUT2D eigenvalue weighted by molar-refractivity contribution is -0.384. The lowest BCUT2D eigenvalue weighted by Gasteiger charge is -2.01. The molecule has 2 aromatic heterocycles. The minimum absolute atomic E-state index is 0.0526. The number of nitrogens with zero attached hydrogens (tertiary/aromatic N) is 6. The Balaban J connectivity index is 1.68. The van der Waals surface area contributed by atoms with Crippen molar-refractivity contribution in [3.63, 3.8) is 0 Å². The number of non-ortho nitro benzene ring substituents is 1. The summed E-state index contributed by atoms with van der Waals surface area (Å²) in [6.45, 7) is 0. The monoisotopic (exact) mass is 356 g/mol. The summed E-state index contributed by atoms with van der Waals surface area (Å²) in [7, 11) is 0. The van der Waals surface area contributed by atoms with E-state index >= 15 is 0 Å². The molecule has 8 nitrogen and oxygen atoms in total. The standard InChI is InChI=1S/C14H8N6O2S2/c21-20(22)10-6-7-11-12(8-10)23-14(15-11)24-13-16-17-18-19(13)9-4-2-1-3-5-9/h1-8H. The molecule has 0 bridgehead atoms. The van der Waals surface area contributed by atoms with Gasteiger partial charge in [0, 0.05) is 12.1 Å². The maximum Gasteiger partial charge on any atom is 0.270 e. The first kappa shape index (κ1) is 14.7. The zero-order valence-corrected chi connectivity index (χ0v) is 13.6. The lowest BCUT2D eigenvalue weighted by atomic mass is 10.3. The molecule has 2 aromatic carbocycles. The maximum atomic E-state index is 10.9. The number of aromatic nitrogens is 5. The van der Waals surface area contributed by atoms with Crippen LogP contribution in [0.3, 0.4) is 0 Å². The second-order valence-electron chi connectivity index (χ2n) is 4.70. The van der Waals surface area contributed by atoms with Gasteiger partial charge < -0.3 is 0 Å². The maximum absolute atomic E-state index is 10.9. The summed E-state index contributed by atoms with van der Waals surface area (Å²) >= 11 is 2.69. The Bertz CT molecular complexity index is 1030. The second kappa shape index (κ2) is 5.98. The smallest absolute Gasteiger partial charge is 0.258 e. The van der Waals surface area contributed by atoms with Gasteiger partial charge in [0.05, 0.1) is 20.8 Å². The molecule has 2 heterocycles. The van der Waals surface area contributed by atoms with Crippen molar-refractivity contribution in [1.82, 2.24) is 25.2 Å². The van der Waals surface area contributed by atoms with Crippen molar-refractivity contribution in [2.24, 2.45) is 0 Å². The van der Waals surface area contributed by atoms with Crippen LogP contribution in [0.2, 0.25) is 0 Å². The van der Waals surface area contributed by atoms with E-state index in [2.05, 4.69) is 20.5 Å². The van der Waals surface area contributed by atoms with Crippen molar-refractivity contribution in [1.29, 1.82) is 0 Å². The van der Waals surface area contributed by atoms with E-state index in [-0.39, 0.29) is 5.69 Å². The van der Waals surface area contributed by atoms with E-state index in [1.807, 2.05) is 30.3 Å². The van der Waals surface area contributed by atoms with E-state index in [0.29, 0.717) is 10.7 Å². The van der Waals surface area contributed by atoms with Crippen LogP contribution in [0.1, 0.15) is 0 Å². The van der Waals surface area contributed by atoms with E-state index in [9.17, 15) is 10.1 Å². The van der Waals surface area contributed by atoms with Gasteiger partial charge in [-0.05, 0) is 40.4 Å². The largest absolute Gasteiger partial charge is 0.270 e. The molecule has 4 aromatic rings. The molecule has 0 fully saturated rings. The zero-order chi connectivity index (χ0) is 16.5. The van der Waals surface area contributed by atoms with Crippen LogP contribution in [0.25, 0.3) is 15.9 Å². The molecule has 0 N–H and O–H groups in total. The van der Waals surface area contributed by atoms with Gasteiger partial charge in [0.15, 0.2) is 4.34 Å². The van der Waals surface area contributed by atoms with Gasteiger partial charge in [0.25, 0.3) is 5.69 Å². The normalized spacial score (nSPS) is 11.0. The van der Waals surface area contributed by atoms with Gasteiger partial charge in [-0.1, -0.05) is 18.2 Å². The van der Waals surface area contributed by atoms with Crippen LogP contribution in [0, 0.1) is 10.1 Å². The Hall–Kier alpha value is -2.85. The fraction of sp³-hybridized carbons (Fsp3) is 0. The molecule has 0 atom stereocenters. The van der Waals surface area contributed by atoms with Gasteiger partial charge in [-0.3, -0.25) is 10.1 Å². The van der Waals surface area contributed by atoms with Crippen LogP contribution in [-0.2, 0) is 0 Å². The third-order valence-corrected chi connectivity index (χ3v) is 5.20. The number of para-hydroxylation sites is 1. The highest BCUT2D eigenvalue weighted by Gasteiger charge is 2.15. The molecule has 118 valence electrons. The summed E-state index contributed by atoms with van der Waals surface area (Å²) in [5.74, 6) is 0. The highest BCUT2D eigenvalue weighted by Crippen LogP contribution is 2.35. The molecule has 0 spiro atoms. The van der Waals surface area contributed by atoms with Crippen LogP contribution >= 0.6 is 23.1 Å². The van der Waals surface area contributed by atoms with Gasteiger partial charge >= 0.3 is 0 Å². The molecule has 0 saturated carbocycles. The SMILES string of the molecule is O=[N+]([O-])c1ccc2nc(Sc3nnnn3-c3ccccc3)sc2c1. The molecule has 0 saturated heterocycles. The molecular weight excluding hydrogens is 348 g/mol. The Morgan fingerprint density at radius 3 is 2.79 bits per heavy atom. The number of thiazole rings is 1. The Morgan fingerprint density at radius 1 is 1.17 bits per heavy atom. The van der Waals surface area contributed by atoms with Crippen molar-refractivity contribution in [3.05, 3.63) is 58.6 Å². The van der Waals surface area contributed by atoms with Gasteiger partial charge in [0.1, 0.15) is 0 Å². The Kier molecular flexibility index (Phi) is 3.67. The third-order valence-electron chi connectivity index (χ3n) is 3.18. The van der Waals surface area contributed by atoms with Crippen LogP contribution in [0.15, 0.2) is 58.0 Å². The van der Waals surface area contributed by atoms with E-state index in [1.54, 1.807) is 10.7 Å². The number of benzene rings is 2. The van der Waals surface area contributed by atoms with Crippen molar-refractivity contribution in [2.45, 2.75) is 9.50 Å². The first-order chi connectivity index (χ1) is 11.7. The van der Waals surface area contributed by atoms with E-state index in [0.717, 1.165) is 14.7 Å². The van der Waals surface area contributed by atoms with Crippen molar-refractivity contribution < 1.29 is 4.92 Å². The van der Waals surface area contributed by atoms with E-state index in [1.165, 1.54) is 35.2 Å². The Morgan fingerprint density at radius 2 is 2.00 bits per heavy atom. The van der Waals surface area contributed by atoms with Gasteiger partial charge in [-0.15, -0.1) is 16.4 Å². The fourth-order valence-electron chi connectivity index (χ4n) is 2.10. The van der Waals surface area contributed by atoms with Crippen molar-refractivity contribution in [3.8, 4) is 5.69 Å². The van der Waals surface area contributed by atoms with Crippen LogP contribution < -0.4 is 0 Å². The van der Waals surface area contributed by atoms with Crippen molar-refractivity contribution in [2.75, 3.05) is 0 Å². The molecule has 0 radical (unpaired) electrons. The predicted molar refractivity (Wildman–Crippen MR) is 89.6 cm³/mol. The number of nitro groups is 1. The lowest BCUT2D eigenvalue weighted by Crippen LogP contribution is -1.98. The van der Waals surface area contributed by atoms with E-state index in [4.69, 9.17) is 0 Å². The molecule has 10 heteroatoms. The molecule has 0 unspecified atom stereocenters. The summed E-state index contributed by atoms with van der Waals surface area (Å²) in [5, 5.41) is 23.2. The molecule has 4 rings (SSSR count). The number of tetrazole rings is 1. The first-order valence-electron chi connectivity index (χ1n) is 6.77. The Labute approximate surface area is 143 Å². The molecule has 0 aliphatic heterocycles. The number of hydrogen-bond acceptors (Lipinski definition) is 8. The van der Waals surface area contributed by atoms with Crippen LogP contribution in [0.5, 0.6) is 0 Å². The summed E-state index contributed by atoms with van der Waals surface area (Å²) in [5.41, 5.74) is 1.62. The van der Waals surface area contributed by atoms with Gasteiger partial charge in [-0.2, -0.15) is 4.68 Å². The quantitative estimate of drug-likeness (QED) is 0.408. The molecule has 0 aliphatic carbocycles. The summed E-state index contributed by atoms with van der Waals surface area (Å²) in [4.78, 5) is 14.9. The zero-order valence-electron chi connectivity index (χ0n) is 11.9. The molecule has 0 aliphatic rings. The van der Waals surface area contributed by atoms with Gasteiger partial charge in [0.2, 0.25) is 5.16 Å². The third kappa shape index (κ3) is 2.72. The number of hydrogen-bond donors (Lipinski definition) is 0. The minimum Gasteiger partial charge on any atom is -0.258 e. The fourth-order valence-corrected chi connectivity index (χ4v) is 4.10. The first-order valence-corrected chi connectivity index (χ1v) is 8.40. The predicted octanol–water partition coefficient (Wildman–Crippen LogP) is 3.33. The van der Waals surface area contributed by atoms with E-state index < -0.39 is 4.92 Å². The average Bonchev–Trinajstić information content (AvgIpc) is 3.21. The summed E-state index contributed by atoms with van der Waals surface area (Å²) in [6.07, 6.45) is 0. The number of fused-ring (bicyclic) bond motifs is 1. The highest BCUT2D eigenvalue weighted by atomic mass is 32.2. The van der Waals surface area contributed by atoms with Gasteiger partial charge in [-0.25, -0.2) is 4.98 Å². The topological polar surface area (TPSA) is 99.6 Å². The van der Waals surface area contributed by atoms with Crippen molar-refractivity contribution >= 4 is 39.0 Å². The minimum atomic E-state index is -0.415. The number of nitro benzene ring substituents is 1. The second-order valence-corrected chi connectivity index (χ2v) is 6.94.